The van der Waals surface area contributed by atoms with Crippen molar-refractivity contribution in [3.63, 3.8) is 0 Å². The van der Waals surface area contributed by atoms with E-state index in [0.29, 0.717) is 0 Å². The molecule has 2 rings (SSSR count). The van der Waals surface area contributed by atoms with Gasteiger partial charge in [-0.1, -0.05) is 29.8 Å². The molecule has 102 valence electrons. The number of amides is 1. The molecule has 1 fully saturated rings. The van der Waals surface area contributed by atoms with Crippen molar-refractivity contribution >= 4 is 11.9 Å². The van der Waals surface area contributed by atoms with Crippen LogP contribution in [0.2, 0.25) is 0 Å². The number of benzene rings is 1. The fraction of sp³-hybridized carbons (Fsp3) is 0.467. The maximum atomic E-state index is 12.1. The minimum Gasteiger partial charge on any atom is -0.481 e. The molecule has 4 nitrogen and oxygen atoms in total. The van der Waals surface area contributed by atoms with Crippen LogP contribution in [0.4, 0.5) is 0 Å². The molecule has 2 atom stereocenters. The molecule has 1 aromatic carbocycles. The Kier molecular flexibility index (Phi) is 3.60. The molecule has 1 aromatic rings. The van der Waals surface area contributed by atoms with Gasteiger partial charge in [0.2, 0.25) is 5.91 Å². The minimum atomic E-state index is -0.900. The molecule has 19 heavy (non-hydrogen) atoms. The predicted octanol–water partition coefficient (Wildman–Crippen LogP) is 2.38. The number of carbonyl (C=O) groups is 2. The first-order valence-electron chi connectivity index (χ1n) is 6.52. The molecule has 1 heterocycles. The van der Waals surface area contributed by atoms with Crippen LogP contribution < -0.4 is 0 Å². The summed E-state index contributed by atoms with van der Waals surface area (Å²) in [6.07, 6.45) is 0.0894. The number of likely N-dealkylation sites (tertiary alicyclic amines) is 1. The molecule has 2 unspecified atom stereocenters. The van der Waals surface area contributed by atoms with Gasteiger partial charge in [0.1, 0.15) is 0 Å². The summed E-state index contributed by atoms with van der Waals surface area (Å²) < 4.78 is 0. The van der Waals surface area contributed by atoms with Crippen LogP contribution in [0.5, 0.6) is 0 Å². The second-order valence-corrected chi connectivity index (χ2v) is 5.40. The molecule has 0 spiro atoms. The maximum Gasteiger partial charge on any atom is 0.309 e. The lowest BCUT2D eigenvalue weighted by atomic mass is 9.92. The normalized spacial score (nSPS) is 23.2. The lowest BCUT2D eigenvalue weighted by Crippen LogP contribution is -2.36. The van der Waals surface area contributed by atoms with Crippen molar-refractivity contribution in [1.82, 2.24) is 4.90 Å². The third kappa shape index (κ3) is 2.48. The van der Waals surface area contributed by atoms with Crippen molar-refractivity contribution in [3.05, 3.63) is 35.4 Å². The molecular formula is C15H19NO3. The molecular weight excluding hydrogens is 242 g/mol. The number of hydrogen-bond acceptors (Lipinski definition) is 2. The van der Waals surface area contributed by atoms with Gasteiger partial charge in [-0.15, -0.1) is 0 Å². The molecule has 0 aliphatic carbocycles. The van der Waals surface area contributed by atoms with Crippen molar-refractivity contribution in [2.24, 2.45) is 5.92 Å². The second kappa shape index (κ2) is 5.03. The van der Waals surface area contributed by atoms with Crippen LogP contribution in [0.15, 0.2) is 24.3 Å². The number of nitrogens with zero attached hydrogens (tertiary/aromatic N) is 1. The SMILES string of the molecule is Cc1cccc(C2C(C(=O)O)CC(=O)N2C(C)C)c1. The van der Waals surface area contributed by atoms with Gasteiger partial charge in [-0.3, -0.25) is 9.59 Å². The van der Waals surface area contributed by atoms with Crippen LogP contribution in [0, 0.1) is 12.8 Å². The average Bonchev–Trinajstić information content (AvgIpc) is 2.67. The van der Waals surface area contributed by atoms with Gasteiger partial charge in [-0.25, -0.2) is 0 Å². The summed E-state index contributed by atoms with van der Waals surface area (Å²) in [6, 6.07) is 7.39. The standard InChI is InChI=1S/C15H19NO3/c1-9(2)16-13(17)8-12(15(18)19)14(16)11-6-4-5-10(3)7-11/h4-7,9,12,14H,8H2,1-3H3,(H,18,19). The van der Waals surface area contributed by atoms with Gasteiger partial charge in [0, 0.05) is 12.5 Å². The number of carboxylic acid groups (broad SMARTS) is 1. The Morgan fingerprint density at radius 1 is 1.42 bits per heavy atom. The van der Waals surface area contributed by atoms with E-state index >= 15 is 0 Å². The number of rotatable bonds is 3. The zero-order chi connectivity index (χ0) is 14.2. The zero-order valence-electron chi connectivity index (χ0n) is 11.5. The Hall–Kier alpha value is -1.84. The van der Waals surface area contributed by atoms with Crippen LogP contribution >= 0.6 is 0 Å². The number of aryl methyl sites for hydroxylation is 1. The fourth-order valence-electron chi connectivity index (χ4n) is 2.83. The summed E-state index contributed by atoms with van der Waals surface area (Å²) in [5.41, 5.74) is 1.98. The highest BCUT2D eigenvalue weighted by Gasteiger charge is 2.45. The van der Waals surface area contributed by atoms with Gasteiger partial charge >= 0.3 is 5.97 Å². The Morgan fingerprint density at radius 3 is 2.63 bits per heavy atom. The third-order valence-corrected chi connectivity index (χ3v) is 3.62. The smallest absolute Gasteiger partial charge is 0.309 e. The van der Waals surface area contributed by atoms with Crippen molar-refractivity contribution in [2.45, 2.75) is 39.3 Å². The number of carboxylic acids is 1. The molecule has 0 bridgehead atoms. The van der Waals surface area contributed by atoms with E-state index in [0.717, 1.165) is 11.1 Å². The molecule has 4 heteroatoms. The van der Waals surface area contributed by atoms with Crippen molar-refractivity contribution in [2.75, 3.05) is 0 Å². The highest BCUT2D eigenvalue weighted by atomic mass is 16.4. The molecule has 0 radical (unpaired) electrons. The van der Waals surface area contributed by atoms with Gasteiger partial charge in [0.15, 0.2) is 0 Å². The van der Waals surface area contributed by atoms with E-state index in [9.17, 15) is 14.7 Å². The van der Waals surface area contributed by atoms with Gasteiger partial charge in [0.05, 0.1) is 12.0 Å². The monoisotopic (exact) mass is 261 g/mol. The molecule has 1 aliphatic heterocycles. The summed E-state index contributed by atoms with van der Waals surface area (Å²) >= 11 is 0. The first-order chi connectivity index (χ1) is 8.91. The largest absolute Gasteiger partial charge is 0.481 e. The highest BCUT2D eigenvalue weighted by molar-refractivity contribution is 5.87. The average molecular weight is 261 g/mol. The highest BCUT2D eigenvalue weighted by Crippen LogP contribution is 2.39. The van der Waals surface area contributed by atoms with E-state index in [-0.39, 0.29) is 24.4 Å². The summed E-state index contributed by atoms with van der Waals surface area (Å²) in [4.78, 5) is 25.2. The lowest BCUT2D eigenvalue weighted by molar-refractivity contribution is -0.142. The van der Waals surface area contributed by atoms with Crippen molar-refractivity contribution in [1.29, 1.82) is 0 Å². The fourth-order valence-corrected chi connectivity index (χ4v) is 2.83. The summed E-state index contributed by atoms with van der Waals surface area (Å²) in [5.74, 6) is -1.63. The minimum absolute atomic E-state index is 0.00219. The van der Waals surface area contributed by atoms with Crippen LogP contribution in [-0.4, -0.2) is 27.9 Å². The summed E-state index contributed by atoms with van der Waals surface area (Å²) in [5, 5.41) is 9.35. The maximum absolute atomic E-state index is 12.1. The first kappa shape index (κ1) is 13.6. The van der Waals surface area contributed by atoms with Crippen molar-refractivity contribution in [3.8, 4) is 0 Å². The van der Waals surface area contributed by atoms with E-state index in [2.05, 4.69) is 0 Å². The Morgan fingerprint density at radius 2 is 2.11 bits per heavy atom. The summed E-state index contributed by atoms with van der Waals surface area (Å²) in [7, 11) is 0. The van der Waals surface area contributed by atoms with Crippen LogP contribution in [-0.2, 0) is 9.59 Å². The van der Waals surface area contributed by atoms with Crippen molar-refractivity contribution < 1.29 is 14.7 Å². The molecule has 1 aliphatic rings. The van der Waals surface area contributed by atoms with Gasteiger partial charge in [-0.2, -0.15) is 0 Å². The van der Waals surface area contributed by atoms with Gasteiger partial charge < -0.3 is 10.0 Å². The topological polar surface area (TPSA) is 57.6 Å². The van der Waals surface area contributed by atoms with E-state index in [4.69, 9.17) is 0 Å². The quantitative estimate of drug-likeness (QED) is 0.908. The van der Waals surface area contributed by atoms with E-state index in [1.807, 2.05) is 45.0 Å². The number of aliphatic carboxylic acids is 1. The zero-order valence-corrected chi connectivity index (χ0v) is 11.5. The van der Waals surface area contributed by atoms with E-state index in [1.165, 1.54) is 0 Å². The van der Waals surface area contributed by atoms with Gasteiger partial charge in [-0.05, 0) is 26.3 Å². The molecule has 1 saturated heterocycles. The molecule has 0 aromatic heterocycles. The molecule has 1 N–H and O–H groups in total. The van der Waals surface area contributed by atoms with Crippen LogP contribution in [0.1, 0.15) is 37.4 Å². The molecule has 1 amide bonds. The molecule has 0 saturated carbocycles. The number of carbonyl (C=O) groups excluding carboxylic acids is 1. The van der Waals surface area contributed by atoms with Crippen LogP contribution in [0.3, 0.4) is 0 Å². The van der Waals surface area contributed by atoms with Gasteiger partial charge in [0.25, 0.3) is 0 Å². The third-order valence-electron chi connectivity index (χ3n) is 3.62. The number of hydrogen-bond donors (Lipinski definition) is 1. The van der Waals surface area contributed by atoms with E-state index < -0.39 is 11.9 Å². The van der Waals surface area contributed by atoms with E-state index in [1.54, 1.807) is 4.90 Å². The second-order valence-electron chi connectivity index (χ2n) is 5.40. The Labute approximate surface area is 113 Å². The Bertz CT molecular complexity index is 510. The van der Waals surface area contributed by atoms with Crippen LogP contribution in [0.25, 0.3) is 0 Å². The predicted molar refractivity (Wildman–Crippen MR) is 71.6 cm³/mol. The first-order valence-corrected chi connectivity index (χ1v) is 6.52. The Balaban J connectivity index is 2.46. The summed E-state index contributed by atoms with van der Waals surface area (Å²) in [6.45, 7) is 5.81. The lowest BCUT2D eigenvalue weighted by Gasteiger charge is -2.30.